The highest BCUT2D eigenvalue weighted by Gasteiger charge is 2.22. The van der Waals surface area contributed by atoms with Crippen LogP contribution in [0.3, 0.4) is 0 Å². The van der Waals surface area contributed by atoms with Crippen molar-refractivity contribution < 1.29 is 9.50 Å². The lowest BCUT2D eigenvalue weighted by Gasteiger charge is -2.16. The lowest BCUT2D eigenvalue weighted by Crippen LogP contribution is -2.16. The molecule has 2 rings (SSSR count). The number of rotatable bonds is 2. The fourth-order valence-corrected chi connectivity index (χ4v) is 1.88. The highest BCUT2D eigenvalue weighted by Crippen LogP contribution is 2.25. The SMILES string of the molecule is Cc1c(C(C)(C)O)cnn1-c1ccccc1F. The molecule has 0 saturated carbocycles. The van der Waals surface area contributed by atoms with E-state index in [-0.39, 0.29) is 5.82 Å². The predicted molar refractivity (Wildman–Crippen MR) is 63.5 cm³/mol. The second-order valence-electron chi connectivity index (χ2n) is 4.57. The number of benzene rings is 1. The first kappa shape index (κ1) is 11.8. The molecule has 0 bridgehead atoms. The third-order valence-electron chi connectivity index (χ3n) is 2.75. The second-order valence-corrected chi connectivity index (χ2v) is 4.57. The first-order valence-corrected chi connectivity index (χ1v) is 5.43. The molecule has 0 spiro atoms. The summed E-state index contributed by atoms with van der Waals surface area (Å²) in [5, 5.41) is 14.1. The van der Waals surface area contributed by atoms with E-state index in [4.69, 9.17) is 0 Å². The Morgan fingerprint density at radius 1 is 1.29 bits per heavy atom. The summed E-state index contributed by atoms with van der Waals surface area (Å²) in [7, 11) is 0. The van der Waals surface area contributed by atoms with Crippen LogP contribution in [0.1, 0.15) is 25.1 Å². The van der Waals surface area contributed by atoms with Gasteiger partial charge in [0, 0.05) is 11.3 Å². The molecular weight excluding hydrogens is 219 g/mol. The number of aliphatic hydroxyl groups is 1. The van der Waals surface area contributed by atoms with E-state index < -0.39 is 5.60 Å². The molecule has 0 aliphatic carbocycles. The summed E-state index contributed by atoms with van der Waals surface area (Å²) in [6, 6.07) is 6.43. The first-order chi connectivity index (χ1) is 7.91. The van der Waals surface area contributed by atoms with Gasteiger partial charge in [-0.1, -0.05) is 12.1 Å². The number of para-hydroxylation sites is 1. The van der Waals surface area contributed by atoms with Crippen LogP contribution >= 0.6 is 0 Å². The molecule has 2 aromatic rings. The molecule has 1 aromatic carbocycles. The average molecular weight is 234 g/mol. The van der Waals surface area contributed by atoms with Gasteiger partial charge < -0.3 is 5.11 Å². The van der Waals surface area contributed by atoms with Crippen LogP contribution in [0.15, 0.2) is 30.5 Å². The third-order valence-corrected chi connectivity index (χ3v) is 2.75. The molecule has 90 valence electrons. The van der Waals surface area contributed by atoms with Gasteiger partial charge in [0.05, 0.1) is 11.8 Å². The molecule has 0 atom stereocenters. The molecule has 0 saturated heterocycles. The Morgan fingerprint density at radius 3 is 2.47 bits per heavy atom. The highest BCUT2D eigenvalue weighted by atomic mass is 19.1. The standard InChI is InChI=1S/C13H15FN2O/c1-9-10(13(2,3)17)8-15-16(9)12-7-5-4-6-11(12)14/h4-8,17H,1-3H3. The number of nitrogens with zero attached hydrogens (tertiary/aromatic N) is 2. The van der Waals surface area contributed by atoms with Crippen molar-refractivity contribution in [3.05, 3.63) is 47.5 Å². The number of halogens is 1. The third kappa shape index (κ3) is 2.08. The molecule has 0 radical (unpaired) electrons. The molecule has 0 unspecified atom stereocenters. The van der Waals surface area contributed by atoms with Crippen molar-refractivity contribution in [3.8, 4) is 5.69 Å². The molecule has 1 N–H and O–H groups in total. The van der Waals surface area contributed by atoms with E-state index in [1.165, 1.54) is 10.7 Å². The van der Waals surface area contributed by atoms with Gasteiger partial charge in [-0.15, -0.1) is 0 Å². The van der Waals surface area contributed by atoms with Crippen LogP contribution in [0, 0.1) is 12.7 Å². The average Bonchev–Trinajstić information content (AvgIpc) is 2.60. The fraction of sp³-hybridized carbons (Fsp3) is 0.308. The summed E-state index contributed by atoms with van der Waals surface area (Å²) in [4.78, 5) is 0. The maximum absolute atomic E-state index is 13.6. The summed E-state index contributed by atoms with van der Waals surface area (Å²) in [5.74, 6) is -0.332. The largest absolute Gasteiger partial charge is 0.386 e. The van der Waals surface area contributed by atoms with Gasteiger partial charge in [-0.05, 0) is 32.9 Å². The van der Waals surface area contributed by atoms with Crippen molar-refractivity contribution in [2.24, 2.45) is 0 Å². The van der Waals surface area contributed by atoms with Gasteiger partial charge in [0.2, 0.25) is 0 Å². The molecule has 1 heterocycles. The lowest BCUT2D eigenvalue weighted by molar-refractivity contribution is 0.0779. The zero-order valence-corrected chi connectivity index (χ0v) is 10.1. The van der Waals surface area contributed by atoms with Crippen LogP contribution in [-0.4, -0.2) is 14.9 Å². The number of hydrogen-bond donors (Lipinski definition) is 1. The second kappa shape index (κ2) is 3.96. The van der Waals surface area contributed by atoms with Gasteiger partial charge in [-0.2, -0.15) is 5.10 Å². The van der Waals surface area contributed by atoms with Gasteiger partial charge in [0.15, 0.2) is 0 Å². The highest BCUT2D eigenvalue weighted by molar-refractivity contribution is 5.37. The minimum atomic E-state index is -0.979. The minimum Gasteiger partial charge on any atom is -0.386 e. The maximum atomic E-state index is 13.6. The normalized spacial score (nSPS) is 11.8. The fourth-order valence-electron chi connectivity index (χ4n) is 1.88. The number of aromatic nitrogens is 2. The van der Waals surface area contributed by atoms with Crippen LogP contribution in [-0.2, 0) is 5.60 Å². The van der Waals surface area contributed by atoms with Crippen molar-refractivity contribution in [1.29, 1.82) is 0 Å². The smallest absolute Gasteiger partial charge is 0.148 e. The van der Waals surface area contributed by atoms with E-state index in [1.54, 1.807) is 38.2 Å². The minimum absolute atomic E-state index is 0.332. The quantitative estimate of drug-likeness (QED) is 0.867. The predicted octanol–water partition coefficient (Wildman–Crippen LogP) is 2.55. The molecule has 0 amide bonds. The lowest BCUT2D eigenvalue weighted by atomic mass is 10.00. The molecule has 0 aliphatic heterocycles. The maximum Gasteiger partial charge on any atom is 0.148 e. The topological polar surface area (TPSA) is 38.1 Å². The van der Waals surface area contributed by atoms with Crippen molar-refractivity contribution in [1.82, 2.24) is 9.78 Å². The van der Waals surface area contributed by atoms with Gasteiger partial charge in [-0.25, -0.2) is 9.07 Å². The molecule has 0 aliphatic rings. The van der Waals surface area contributed by atoms with E-state index >= 15 is 0 Å². The van der Waals surface area contributed by atoms with Crippen LogP contribution in [0.2, 0.25) is 0 Å². The van der Waals surface area contributed by atoms with Crippen LogP contribution in [0.4, 0.5) is 4.39 Å². The molecule has 3 nitrogen and oxygen atoms in total. The van der Waals surface area contributed by atoms with Crippen LogP contribution in [0.5, 0.6) is 0 Å². The number of hydrogen-bond acceptors (Lipinski definition) is 2. The molecule has 0 fully saturated rings. The molecule has 4 heteroatoms. The Morgan fingerprint density at radius 2 is 1.94 bits per heavy atom. The first-order valence-electron chi connectivity index (χ1n) is 5.43. The van der Waals surface area contributed by atoms with Crippen molar-refractivity contribution in [3.63, 3.8) is 0 Å². The van der Waals surface area contributed by atoms with Gasteiger partial charge >= 0.3 is 0 Å². The molecule has 17 heavy (non-hydrogen) atoms. The van der Waals surface area contributed by atoms with E-state index in [9.17, 15) is 9.50 Å². The van der Waals surface area contributed by atoms with Gasteiger partial charge in [0.1, 0.15) is 11.5 Å². The van der Waals surface area contributed by atoms with Gasteiger partial charge in [-0.3, -0.25) is 0 Å². The Labute approximate surface area is 99.5 Å². The summed E-state index contributed by atoms with van der Waals surface area (Å²) in [6.07, 6.45) is 1.57. The summed E-state index contributed by atoms with van der Waals surface area (Å²) in [6.45, 7) is 5.18. The monoisotopic (exact) mass is 234 g/mol. The van der Waals surface area contributed by atoms with E-state index in [1.807, 2.05) is 6.92 Å². The van der Waals surface area contributed by atoms with E-state index in [2.05, 4.69) is 5.10 Å². The Kier molecular flexibility index (Phi) is 2.75. The Hall–Kier alpha value is -1.68. The van der Waals surface area contributed by atoms with Gasteiger partial charge in [0.25, 0.3) is 0 Å². The zero-order chi connectivity index (χ0) is 12.6. The van der Waals surface area contributed by atoms with E-state index in [0.717, 1.165) is 5.69 Å². The zero-order valence-electron chi connectivity index (χ0n) is 10.1. The van der Waals surface area contributed by atoms with Crippen LogP contribution in [0.25, 0.3) is 5.69 Å². The summed E-state index contributed by atoms with van der Waals surface area (Å²) >= 11 is 0. The summed E-state index contributed by atoms with van der Waals surface area (Å²) < 4.78 is 15.1. The molecule has 1 aromatic heterocycles. The van der Waals surface area contributed by atoms with Crippen LogP contribution < -0.4 is 0 Å². The van der Waals surface area contributed by atoms with Crippen molar-refractivity contribution in [2.75, 3.05) is 0 Å². The Bertz CT molecular complexity index is 541. The van der Waals surface area contributed by atoms with Crippen molar-refractivity contribution in [2.45, 2.75) is 26.4 Å². The van der Waals surface area contributed by atoms with E-state index in [0.29, 0.717) is 11.3 Å². The van der Waals surface area contributed by atoms with Crippen molar-refractivity contribution >= 4 is 0 Å². The summed E-state index contributed by atoms with van der Waals surface area (Å²) in [5.41, 5.74) is 0.844. The molecular formula is C13H15FN2O. The Balaban J connectivity index is 2.56.